The predicted molar refractivity (Wildman–Crippen MR) is 74.4 cm³/mol. The van der Waals surface area contributed by atoms with Gasteiger partial charge in [0.25, 0.3) is 0 Å². The van der Waals surface area contributed by atoms with E-state index in [1.807, 2.05) is 22.9 Å². The lowest BCUT2D eigenvalue weighted by Crippen LogP contribution is -2.02. The van der Waals surface area contributed by atoms with Gasteiger partial charge in [-0.1, -0.05) is 6.07 Å². The summed E-state index contributed by atoms with van der Waals surface area (Å²) in [7, 11) is 1.56. The molecule has 2 rings (SSSR count). The highest BCUT2D eigenvalue weighted by Crippen LogP contribution is 2.22. The molecule has 92 valence electrons. The topological polar surface area (TPSA) is 50.8 Å². The third-order valence-corrected chi connectivity index (χ3v) is 3.45. The van der Waals surface area contributed by atoms with Crippen LogP contribution < -0.4 is 4.74 Å². The maximum atomic E-state index is 8.92. The first-order valence-corrected chi connectivity index (χ1v) is 6.68. The molecule has 0 aliphatic rings. The van der Waals surface area contributed by atoms with Crippen molar-refractivity contribution in [2.45, 2.75) is 6.54 Å². The van der Waals surface area contributed by atoms with Gasteiger partial charge in [-0.2, -0.15) is 10.4 Å². The van der Waals surface area contributed by atoms with Crippen LogP contribution in [0, 0.1) is 11.3 Å². The molecule has 0 N–H and O–H groups in total. The molecule has 0 amide bonds. The molecule has 0 fully saturated rings. The maximum absolute atomic E-state index is 8.92. The zero-order chi connectivity index (χ0) is 13.1. The van der Waals surface area contributed by atoms with Gasteiger partial charge in [-0.15, -0.1) is 0 Å². The summed E-state index contributed by atoms with van der Waals surface area (Å²) >= 11 is 6.74. The largest absolute Gasteiger partial charge is 0.495 e. The SMILES string of the molecule is COc1cc(Cn2nc(Br)cc2Br)ccc1C#N. The van der Waals surface area contributed by atoms with Crippen LogP contribution in [0.2, 0.25) is 0 Å². The van der Waals surface area contributed by atoms with E-state index in [0.717, 1.165) is 14.8 Å². The summed E-state index contributed by atoms with van der Waals surface area (Å²) in [4.78, 5) is 0. The fourth-order valence-electron chi connectivity index (χ4n) is 1.57. The average molecular weight is 371 g/mol. The first kappa shape index (κ1) is 13.1. The highest BCUT2D eigenvalue weighted by molar-refractivity contribution is 9.11. The number of methoxy groups -OCH3 is 1. The average Bonchev–Trinajstić information content (AvgIpc) is 2.67. The molecule has 0 aliphatic heterocycles. The van der Waals surface area contributed by atoms with Gasteiger partial charge in [0, 0.05) is 6.07 Å². The van der Waals surface area contributed by atoms with Crippen LogP contribution in [0.4, 0.5) is 0 Å². The molecule has 18 heavy (non-hydrogen) atoms. The lowest BCUT2D eigenvalue weighted by atomic mass is 10.1. The summed E-state index contributed by atoms with van der Waals surface area (Å²) in [5.74, 6) is 0.581. The Kier molecular flexibility index (Phi) is 4.04. The van der Waals surface area contributed by atoms with Crippen molar-refractivity contribution in [1.29, 1.82) is 5.26 Å². The van der Waals surface area contributed by atoms with Gasteiger partial charge in [-0.25, -0.2) is 0 Å². The molecule has 4 nitrogen and oxygen atoms in total. The molecule has 0 unspecified atom stereocenters. The predicted octanol–water partition coefficient (Wildman–Crippen LogP) is 3.34. The smallest absolute Gasteiger partial charge is 0.136 e. The van der Waals surface area contributed by atoms with Crippen LogP contribution in [0.15, 0.2) is 33.5 Å². The highest BCUT2D eigenvalue weighted by Gasteiger charge is 2.07. The summed E-state index contributed by atoms with van der Waals surface area (Å²) in [5, 5.41) is 13.2. The molecular weight excluding hydrogens is 362 g/mol. The minimum atomic E-state index is 0.530. The van der Waals surface area contributed by atoms with E-state index < -0.39 is 0 Å². The number of hydrogen-bond donors (Lipinski definition) is 0. The Bertz CT molecular complexity index is 616. The molecule has 0 spiro atoms. The van der Waals surface area contributed by atoms with Crippen LogP contribution in [0.3, 0.4) is 0 Å². The van der Waals surface area contributed by atoms with Crippen molar-refractivity contribution < 1.29 is 4.74 Å². The van der Waals surface area contributed by atoms with E-state index in [1.165, 1.54) is 0 Å². The number of ether oxygens (including phenoxy) is 1. The van der Waals surface area contributed by atoms with E-state index in [-0.39, 0.29) is 0 Å². The Morgan fingerprint density at radius 1 is 1.39 bits per heavy atom. The van der Waals surface area contributed by atoms with E-state index >= 15 is 0 Å². The van der Waals surface area contributed by atoms with Crippen molar-refractivity contribution in [3.05, 3.63) is 44.6 Å². The molecule has 1 heterocycles. The Hall–Kier alpha value is -1.32. The second-order valence-corrected chi connectivity index (χ2v) is 5.22. The normalized spacial score (nSPS) is 10.1. The summed E-state index contributed by atoms with van der Waals surface area (Å²) in [5.41, 5.74) is 1.55. The molecule has 0 saturated heterocycles. The Labute approximate surface area is 121 Å². The van der Waals surface area contributed by atoms with Crippen molar-refractivity contribution in [3.63, 3.8) is 0 Å². The van der Waals surface area contributed by atoms with Crippen LogP contribution in [0.1, 0.15) is 11.1 Å². The van der Waals surface area contributed by atoms with Gasteiger partial charge in [-0.05, 0) is 49.6 Å². The van der Waals surface area contributed by atoms with E-state index in [9.17, 15) is 0 Å². The fraction of sp³-hybridized carbons (Fsp3) is 0.167. The molecule has 1 aromatic carbocycles. The van der Waals surface area contributed by atoms with Crippen LogP contribution in [0.25, 0.3) is 0 Å². The maximum Gasteiger partial charge on any atom is 0.136 e. The number of benzene rings is 1. The van der Waals surface area contributed by atoms with Crippen LogP contribution >= 0.6 is 31.9 Å². The lowest BCUT2D eigenvalue weighted by Gasteiger charge is -2.07. The number of nitriles is 1. The molecule has 0 aliphatic carbocycles. The van der Waals surface area contributed by atoms with E-state index in [0.29, 0.717) is 17.9 Å². The Balaban J connectivity index is 2.30. The Morgan fingerprint density at radius 2 is 2.17 bits per heavy atom. The molecule has 0 bridgehead atoms. The van der Waals surface area contributed by atoms with Crippen LogP contribution in [-0.4, -0.2) is 16.9 Å². The molecule has 0 atom stereocenters. The number of nitrogens with zero attached hydrogens (tertiary/aromatic N) is 3. The fourth-order valence-corrected chi connectivity index (χ4v) is 2.71. The number of aromatic nitrogens is 2. The molecule has 1 aromatic heterocycles. The molecule has 6 heteroatoms. The summed E-state index contributed by atoms with van der Waals surface area (Å²) in [6.45, 7) is 0.605. The minimum Gasteiger partial charge on any atom is -0.495 e. The van der Waals surface area contributed by atoms with Gasteiger partial charge >= 0.3 is 0 Å². The van der Waals surface area contributed by atoms with Gasteiger partial charge in [-0.3, -0.25) is 4.68 Å². The number of rotatable bonds is 3. The van der Waals surface area contributed by atoms with Crippen molar-refractivity contribution >= 4 is 31.9 Å². The lowest BCUT2D eigenvalue weighted by molar-refractivity contribution is 0.412. The van der Waals surface area contributed by atoms with E-state index in [2.05, 4.69) is 43.0 Å². The van der Waals surface area contributed by atoms with Gasteiger partial charge in [0.15, 0.2) is 0 Å². The summed E-state index contributed by atoms with van der Waals surface area (Å²) in [6.07, 6.45) is 0. The van der Waals surface area contributed by atoms with Crippen molar-refractivity contribution in [2.24, 2.45) is 0 Å². The zero-order valence-electron chi connectivity index (χ0n) is 9.52. The summed E-state index contributed by atoms with van der Waals surface area (Å²) in [6, 6.07) is 9.46. The summed E-state index contributed by atoms with van der Waals surface area (Å²) < 4.78 is 8.65. The molecule has 0 radical (unpaired) electrons. The van der Waals surface area contributed by atoms with Gasteiger partial charge < -0.3 is 4.74 Å². The van der Waals surface area contributed by atoms with Gasteiger partial charge in [0.05, 0.1) is 19.2 Å². The second kappa shape index (κ2) is 5.55. The van der Waals surface area contributed by atoms with E-state index in [4.69, 9.17) is 10.00 Å². The standard InChI is InChI=1S/C12H9Br2N3O/c1-18-10-4-8(2-3-9(10)6-15)7-17-12(14)5-11(13)16-17/h2-5H,7H2,1H3. The zero-order valence-corrected chi connectivity index (χ0v) is 12.7. The van der Waals surface area contributed by atoms with Gasteiger partial charge in [0.1, 0.15) is 21.0 Å². The van der Waals surface area contributed by atoms with Crippen molar-refractivity contribution in [3.8, 4) is 11.8 Å². The molecule has 0 saturated carbocycles. The van der Waals surface area contributed by atoms with E-state index in [1.54, 1.807) is 13.2 Å². The van der Waals surface area contributed by atoms with Gasteiger partial charge in [0.2, 0.25) is 0 Å². The number of hydrogen-bond acceptors (Lipinski definition) is 3. The van der Waals surface area contributed by atoms with Crippen molar-refractivity contribution in [1.82, 2.24) is 9.78 Å². The number of halogens is 2. The highest BCUT2D eigenvalue weighted by atomic mass is 79.9. The molecule has 2 aromatic rings. The Morgan fingerprint density at radius 3 is 2.72 bits per heavy atom. The first-order chi connectivity index (χ1) is 8.63. The quantitative estimate of drug-likeness (QED) is 0.832. The van der Waals surface area contributed by atoms with Crippen LogP contribution in [0.5, 0.6) is 5.75 Å². The monoisotopic (exact) mass is 369 g/mol. The first-order valence-electron chi connectivity index (χ1n) is 5.10. The minimum absolute atomic E-state index is 0.530. The van der Waals surface area contributed by atoms with Crippen LogP contribution in [-0.2, 0) is 6.54 Å². The van der Waals surface area contributed by atoms with Crippen molar-refractivity contribution in [2.75, 3.05) is 7.11 Å². The second-order valence-electron chi connectivity index (χ2n) is 3.59. The molecular formula is C12H9Br2N3O. The third kappa shape index (κ3) is 2.74. The third-order valence-electron chi connectivity index (χ3n) is 2.42.